The van der Waals surface area contributed by atoms with Gasteiger partial charge in [-0.3, -0.25) is 9.80 Å². The summed E-state index contributed by atoms with van der Waals surface area (Å²) in [5.74, 6) is 0.945. The van der Waals surface area contributed by atoms with Gasteiger partial charge in [-0.25, -0.2) is 0 Å². The summed E-state index contributed by atoms with van der Waals surface area (Å²) in [6, 6.07) is 11.0. The molecule has 0 bridgehead atoms. The lowest BCUT2D eigenvalue weighted by Crippen LogP contribution is -2.52. The summed E-state index contributed by atoms with van der Waals surface area (Å²) >= 11 is 1.26. The molecule has 30 heavy (non-hydrogen) atoms. The van der Waals surface area contributed by atoms with Crippen LogP contribution >= 0.6 is 11.7 Å². The Morgan fingerprint density at radius 1 is 1.07 bits per heavy atom. The van der Waals surface area contributed by atoms with E-state index < -0.39 is 0 Å². The average Bonchev–Trinajstić information content (AvgIpc) is 3.21. The smallest absolute Gasteiger partial charge is 0.122 e. The van der Waals surface area contributed by atoms with E-state index >= 15 is 0 Å². The van der Waals surface area contributed by atoms with E-state index in [1.54, 1.807) is 7.11 Å². The molecule has 3 aromatic rings. The zero-order valence-electron chi connectivity index (χ0n) is 18.0. The first-order chi connectivity index (χ1) is 14.6. The molecule has 2 aromatic carbocycles. The van der Waals surface area contributed by atoms with Crippen LogP contribution in [0.1, 0.15) is 28.7 Å². The Kier molecular flexibility index (Phi) is 6.63. The van der Waals surface area contributed by atoms with Gasteiger partial charge in [-0.05, 0) is 60.7 Å². The lowest BCUT2D eigenvalue weighted by molar-refractivity contribution is 0.0498. The maximum Gasteiger partial charge on any atom is 0.122 e. The fraction of sp³-hybridized carbons (Fsp3) is 0.478. The lowest BCUT2D eigenvalue weighted by Gasteiger charge is -2.41. The van der Waals surface area contributed by atoms with Gasteiger partial charge in [-0.15, -0.1) is 0 Å². The zero-order valence-corrected chi connectivity index (χ0v) is 18.8. The second kappa shape index (κ2) is 9.39. The molecule has 0 spiro atoms. The van der Waals surface area contributed by atoms with Crippen molar-refractivity contribution in [2.24, 2.45) is 0 Å². The van der Waals surface area contributed by atoms with Crippen LogP contribution in [0.2, 0.25) is 0 Å². The van der Waals surface area contributed by atoms with Gasteiger partial charge in [0, 0.05) is 45.4 Å². The van der Waals surface area contributed by atoms with E-state index in [4.69, 9.17) is 4.74 Å². The number of hydrogen-bond donors (Lipinski definition) is 1. The molecule has 0 amide bonds. The number of nitrogens with zero attached hydrogens (tertiary/aromatic N) is 4. The van der Waals surface area contributed by atoms with Crippen LogP contribution in [-0.4, -0.2) is 63.0 Å². The largest absolute Gasteiger partial charge is 0.496 e. The first-order valence-corrected chi connectivity index (χ1v) is 11.2. The molecule has 0 aliphatic carbocycles. The van der Waals surface area contributed by atoms with E-state index in [1.165, 1.54) is 34.0 Å². The van der Waals surface area contributed by atoms with Crippen molar-refractivity contribution >= 4 is 22.8 Å². The topological polar surface area (TPSA) is 61.7 Å². The van der Waals surface area contributed by atoms with Crippen molar-refractivity contribution in [2.75, 3.05) is 33.4 Å². The molecule has 7 heteroatoms. The first kappa shape index (κ1) is 21.2. The van der Waals surface area contributed by atoms with Crippen LogP contribution in [0.15, 0.2) is 30.3 Å². The van der Waals surface area contributed by atoms with E-state index in [1.807, 2.05) is 0 Å². The molecule has 1 saturated heterocycles. The number of piperazine rings is 1. The Labute approximate surface area is 182 Å². The van der Waals surface area contributed by atoms with Crippen molar-refractivity contribution in [3.05, 3.63) is 52.6 Å². The monoisotopic (exact) mass is 426 g/mol. The van der Waals surface area contributed by atoms with E-state index in [0.29, 0.717) is 6.04 Å². The molecule has 1 aromatic heterocycles. The van der Waals surface area contributed by atoms with Crippen molar-refractivity contribution < 1.29 is 9.84 Å². The average molecular weight is 427 g/mol. The summed E-state index contributed by atoms with van der Waals surface area (Å²) < 4.78 is 14.1. The third-order valence-electron chi connectivity index (χ3n) is 6.32. The summed E-state index contributed by atoms with van der Waals surface area (Å²) in [5.41, 5.74) is 7.06. The highest BCUT2D eigenvalue weighted by atomic mass is 32.1. The van der Waals surface area contributed by atoms with Crippen molar-refractivity contribution in [2.45, 2.75) is 39.4 Å². The molecule has 0 saturated carbocycles. The third kappa shape index (κ3) is 4.49. The maximum atomic E-state index is 9.66. The summed E-state index contributed by atoms with van der Waals surface area (Å²) in [4.78, 5) is 5.01. The second-order valence-corrected chi connectivity index (χ2v) is 8.66. The zero-order chi connectivity index (χ0) is 21.1. The van der Waals surface area contributed by atoms with Crippen LogP contribution in [0.5, 0.6) is 5.75 Å². The normalized spacial score (nSPS) is 18.2. The van der Waals surface area contributed by atoms with Crippen molar-refractivity contribution in [1.29, 1.82) is 0 Å². The van der Waals surface area contributed by atoms with Crippen LogP contribution in [0.4, 0.5) is 0 Å². The summed E-state index contributed by atoms with van der Waals surface area (Å²) in [7, 11) is 1.72. The SMILES string of the molecule is COc1ccc(CN2CCN(Cc3ccc4nsnc4c3)C[C@H]2CCO)c(C)c1C. The summed E-state index contributed by atoms with van der Waals surface area (Å²) in [6.45, 7) is 9.30. The van der Waals surface area contributed by atoms with Crippen molar-refractivity contribution in [1.82, 2.24) is 18.5 Å². The maximum absolute atomic E-state index is 9.66. The minimum Gasteiger partial charge on any atom is -0.496 e. The van der Waals surface area contributed by atoms with Crippen molar-refractivity contribution in [3.8, 4) is 5.75 Å². The Bertz CT molecular complexity index is 1010. The second-order valence-electron chi connectivity index (χ2n) is 8.14. The lowest BCUT2D eigenvalue weighted by atomic mass is 10.00. The molecule has 160 valence electrons. The minimum absolute atomic E-state index is 0.214. The van der Waals surface area contributed by atoms with Gasteiger partial charge in [0.05, 0.1) is 18.8 Å². The van der Waals surface area contributed by atoms with Crippen LogP contribution in [0, 0.1) is 13.8 Å². The van der Waals surface area contributed by atoms with Crippen LogP contribution in [-0.2, 0) is 13.1 Å². The quantitative estimate of drug-likeness (QED) is 0.625. The van der Waals surface area contributed by atoms with Crippen molar-refractivity contribution in [3.63, 3.8) is 0 Å². The van der Waals surface area contributed by atoms with E-state index in [2.05, 4.69) is 62.7 Å². The number of hydrogen-bond acceptors (Lipinski definition) is 7. The number of rotatable bonds is 7. The van der Waals surface area contributed by atoms with Crippen LogP contribution in [0.25, 0.3) is 11.0 Å². The van der Waals surface area contributed by atoms with Gasteiger partial charge in [0.15, 0.2) is 0 Å². The minimum atomic E-state index is 0.214. The highest BCUT2D eigenvalue weighted by Gasteiger charge is 2.27. The summed E-state index contributed by atoms with van der Waals surface area (Å²) in [6.07, 6.45) is 0.791. The van der Waals surface area contributed by atoms with Gasteiger partial charge in [0.25, 0.3) is 0 Å². The Morgan fingerprint density at radius 2 is 1.90 bits per heavy atom. The number of ether oxygens (including phenoxy) is 1. The molecule has 4 rings (SSSR count). The number of aliphatic hydroxyl groups is 1. The molecule has 0 radical (unpaired) electrons. The summed E-state index contributed by atoms with van der Waals surface area (Å²) in [5, 5.41) is 9.66. The molecule has 1 fully saturated rings. The van der Waals surface area contributed by atoms with Gasteiger partial charge in [-0.1, -0.05) is 12.1 Å². The number of fused-ring (bicyclic) bond motifs is 1. The molecule has 2 heterocycles. The van der Waals surface area contributed by atoms with Gasteiger partial charge in [-0.2, -0.15) is 8.75 Å². The number of aromatic nitrogens is 2. The standard InChI is InChI=1S/C23H30N4O2S/c1-16-17(2)23(29-3)7-5-19(16)14-27-10-9-26(15-20(27)8-11-28)13-18-4-6-21-22(12-18)25-30-24-21/h4-7,12,20,28H,8-11,13-15H2,1-3H3/t20-/m1/s1. The number of methoxy groups -OCH3 is 1. The van der Waals surface area contributed by atoms with Crippen LogP contribution in [0.3, 0.4) is 0 Å². The van der Waals surface area contributed by atoms with Gasteiger partial charge in [0.1, 0.15) is 16.8 Å². The van der Waals surface area contributed by atoms with E-state index in [9.17, 15) is 5.11 Å². The molecule has 1 atom stereocenters. The molecule has 1 aliphatic heterocycles. The molecule has 1 aliphatic rings. The predicted octanol–water partition coefficient (Wildman–Crippen LogP) is 3.39. The third-order valence-corrected chi connectivity index (χ3v) is 6.88. The molecular formula is C23H30N4O2S. The number of benzene rings is 2. The molecule has 6 nitrogen and oxygen atoms in total. The van der Waals surface area contributed by atoms with Gasteiger partial charge >= 0.3 is 0 Å². The Morgan fingerprint density at radius 3 is 2.70 bits per heavy atom. The molecule has 0 unspecified atom stereocenters. The fourth-order valence-corrected chi connectivity index (χ4v) is 4.90. The van der Waals surface area contributed by atoms with Gasteiger partial charge in [0.2, 0.25) is 0 Å². The number of aliphatic hydroxyl groups excluding tert-OH is 1. The van der Waals surface area contributed by atoms with Crippen LogP contribution < -0.4 is 4.74 Å². The fourth-order valence-electron chi connectivity index (χ4n) is 4.38. The molecular weight excluding hydrogens is 396 g/mol. The molecule has 1 N–H and O–H groups in total. The van der Waals surface area contributed by atoms with Gasteiger partial charge < -0.3 is 9.84 Å². The highest BCUT2D eigenvalue weighted by Crippen LogP contribution is 2.27. The highest BCUT2D eigenvalue weighted by molar-refractivity contribution is 7.00. The first-order valence-electron chi connectivity index (χ1n) is 10.5. The van der Waals surface area contributed by atoms with E-state index in [-0.39, 0.29) is 6.61 Å². The Hall–Kier alpha value is -2.06. The predicted molar refractivity (Wildman–Crippen MR) is 121 cm³/mol. The van der Waals surface area contributed by atoms with E-state index in [0.717, 1.165) is 55.9 Å². The Balaban J connectivity index is 1.44.